The van der Waals surface area contributed by atoms with E-state index in [-0.39, 0.29) is 35.8 Å². The summed E-state index contributed by atoms with van der Waals surface area (Å²) in [5.41, 5.74) is -0.0256. The summed E-state index contributed by atoms with van der Waals surface area (Å²) in [6, 6.07) is -0.989. The lowest BCUT2D eigenvalue weighted by molar-refractivity contribution is -0.138. The van der Waals surface area contributed by atoms with Gasteiger partial charge in [-0.3, -0.25) is 14.5 Å². The van der Waals surface area contributed by atoms with Crippen molar-refractivity contribution in [3.05, 3.63) is 11.6 Å². The minimum Gasteiger partial charge on any atom is -0.463 e. The van der Waals surface area contributed by atoms with Gasteiger partial charge in [-0.05, 0) is 57.4 Å². The van der Waals surface area contributed by atoms with Gasteiger partial charge in [-0.15, -0.1) is 0 Å². The normalized spacial score (nSPS) is 20.6. The van der Waals surface area contributed by atoms with Gasteiger partial charge in [0.2, 0.25) is 11.8 Å². The number of carbonyl (C=O) groups is 3. The molecule has 0 aliphatic carbocycles. The summed E-state index contributed by atoms with van der Waals surface area (Å²) in [5, 5.41) is 6.15. The lowest BCUT2D eigenvalue weighted by Crippen LogP contribution is -2.61. The van der Waals surface area contributed by atoms with Crippen molar-refractivity contribution in [3.63, 3.8) is 0 Å². The molecule has 0 aromatic carbocycles. The van der Waals surface area contributed by atoms with Crippen molar-refractivity contribution in [2.45, 2.75) is 113 Å². The Bertz CT molecular complexity index is 724. The number of hydrogen-bond acceptors (Lipinski definition) is 5. The van der Waals surface area contributed by atoms with E-state index in [1.807, 2.05) is 34.6 Å². The van der Waals surface area contributed by atoms with E-state index in [0.29, 0.717) is 24.1 Å². The maximum absolute atomic E-state index is 13.4. The number of hydrogen-bond donors (Lipinski definition) is 2. The Hall–Kier alpha value is -1.89. The first-order valence-corrected chi connectivity index (χ1v) is 12.9. The van der Waals surface area contributed by atoms with Gasteiger partial charge < -0.3 is 15.4 Å². The van der Waals surface area contributed by atoms with Gasteiger partial charge >= 0.3 is 5.97 Å². The average Bonchev–Trinajstić information content (AvgIpc) is 2.75. The Morgan fingerprint density at radius 1 is 1.03 bits per heavy atom. The molecule has 2 amide bonds. The largest absolute Gasteiger partial charge is 0.463 e. The molecule has 1 heterocycles. The summed E-state index contributed by atoms with van der Waals surface area (Å²) in [6.07, 6.45) is 4.65. The van der Waals surface area contributed by atoms with Crippen LogP contribution in [0.2, 0.25) is 0 Å². The fourth-order valence-electron chi connectivity index (χ4n) is 4.25. The SMILES string of the molecule is CCOC(=O)C(C)=C[C@@H](NC(=O)[C@@H](NC(=O)C1CCCCN1C(C)C(C)C)C(C)(C)C)C(C)C. The number of piperidine rings is 1. The van der Waals surface area contributed by atoms with Crippen LogP contribution in [0.4, 0.5) is 0 Å². The van der Waals surface area contributed by atoms with Crippen molar-refractivity contribution >= 4 is 17.8 Å². The van der Waals surface area contributed by atoms with Crippen LogP contribution in [0, 0.1) is 17.3 Å². The number of ether oxygens (including phenoxy) is 1. The number of nitrogens with one attached hydrogen (secondary N) is 2. The number of nitrogens with zero attached hydrogens (tertiary/aromatic N) is 1. The highest BCUT2D eigenvalue weighted by Gasteiger charge is 2.38. The molecule has 0 aromatic heterocycles. The molecule has 1 aliphatic rings. The van der Waals surface area contributed by atoms with E-state index in [2.05, 4.69) is 36.3 Å². The molecule has 2 N–H and O–H groups in total. The van der Waals surface area contributed by atoms with Crippen LogP contribution in [0.3, 0.4) is 0 Å². The van der Waals surface area contributed by atoms with Crippen molar-refractivity contribution in [1.82, 2.24) is 15.5 Å². The molecule has 1 rings (SSSR count). The molecule has 1 fully saturated rings. The Kier molecular flexibility index (Phi) is 11.8. The summed E-state index contributed by atoms with van der Waals surface area (Å²) in [4.78, 5) is 41.3. The zero-order valence-corrected chi connectivity index (χ0v) is 23.2. The van der Waals surface area contributed by atoms with E-state index in [0.717, 1.165) is 25.8 Å². The van der Waals surface area contributed by atoms with Crippen LogP contribution in [0.5, 0.6) is 0 Å². The number of rotatable bonds is 10. The molecule has 0 bridgehead atoms. The molecular formula is C27H49N3O4. The van der Waals surface area contributed by atoms with Crippen molar-refractivity contribution in [2.24, 2.45) is 17.3 Å². The molecule has 4 atom stereocenters. The highest BCUT2D eigenvalue weighted by molar-refractivity contribution is 5.91. The lowest BCUT2D eigenvalue weighted by atomic mass is 9.85. The molecular weight excluding hydrogens is 430 g/mol. The van der Waals surface area contributed by atoms with Crippen LogP contribution in [0.1, 0.15) is 88.5 Å². The van der Waals surface area contributed by atoms with Crippen LogP contribution in [0.25, 0.3) is 0 Å². The van der Waals surface area contributed by atoms with Gasteiger partial charge in [-0.1, -0.05) is 61.0 Å². The van der Waals surface area contributed by atoms with Gasteiger partial charge in [0.25, 0.3) is 0 Å². The fourth-order valence-corrected chi connectivity index (χ4v) is 4.25. The Morgan fingerprint density at radius 3 is 2.15 bits per heavy atom. The maximum atomic E-state index is 13.4. The van der Waals surface area contributed by atoms with Crippen LogP contribution in [-0.2, 0) is 19.1 Å². The van der Waals surface area contributed by atoms with E-state index in [1.165, 1.54) is 0 Å². The third kappa shape index (κ3) is 8.71. The lowest BCUT2D eigenvalue weighted by Gasteiger charge is -2.42. The van der Waals surface area contributed by atoms with Gasteiger partial charge in [0.1, 0.15) is 6.04 Å². The Labute approximate surface area is 207 Å². The van der Waals surface area contributed by atoms with Gasteiger partial charge in [0, 0.05) is 11.6 Å². The summed E-state index contributed by atoms with van der Waals surface area (Å²) in [7, 11) is 0. The van der Waals surface area contributed by atoms with Crippen molar-refractivity contribution in [2.75, 3.05) is 13.2 Å². The van der Waals surface area contributed by atoms with Gasteiger partial charge in [0.15, 0.2) is 0 Å². The highest BCUT2D eigenvalue weighted by Crippen LogP contribution is 2.25. The zero-order valence-electron chi connectivity index (χ0n) is 23.2. The van der Waals surface area contributed by atoms with E-state index in [1.54, 1.807) is 19.9 Å². The smallest absolute Gasteiger partial charge is 0.333 e. The molecule has 34 heavy (non-hydrogen) atoms. The summed E-state index contributed by atoms with van der Waals surface area (Å²) in [5.74, 6) is -0.213. The van der Waals surface area contributed by atoms with E-state index >= 15 is 0 Å². The van der Waals surface area contributed by atoms with Crippen LogP contribution in [-0.4, -0.2) is 60.0 Å². The first-order valence-electron chi connectivity index (χ1n) is 12.9. The van der Waals surface area contributed by atoms with Crippen molar-refractivity contribution in [1.29, 1.82) is 0 Å². The van der Waals surface area contributed by atoms with Crippen LogP contribution >= 0.6 is 0 Å². The predicted molar refractivity (Wildman–Crippen MR) is 137 cm³/mol. The third-order valence-corrected chi connectivity index (χ3v) is 6.80. The molecule has 2 unspecified atom stereocenters. The molecule has 0 saturated carbocycles. The molecule has 1 saturated heterocycles. The first-order chi connectivity index (χ1) is 15.7. The number of likely N-dealkylation sites (tertiary alicyclic amines) is 1. The number of carbonyl (C=O) groups excluding carboxylic acids is 3. The molecule has 7 heteroatoms. The predicted octanol–water partition coefficient (Wildman–Crippen LogP) is 4.07. The molecule has 1 aliphatic heterocycles. The van der Waals surface area contributed by atoms with Gasteiger partial charge in [0.05, 0.1) is 18.7 Å². The minimum atomic E-state index is -0.698. The second-order valence-corrected chi connectivity index (χ2v) is 11.4. The monoisotopic (exact) mass is 479 g/mol. The third-order valence-electron chi connectivity index (χ3n) is 6.80. The molecule has 0 spiro atoms. The Morgan fingerprint density at radius 2 is 1.65 bits per heavy atom. The van der Waals surface area contributed by atoms with Gasteiger partial charge in [-0.25, -0.2) is 4.79 Å². The summed E-state index contributed by atoms with van der Waals surface area (Å²) < 4.78 is 5.08. The van der Waals surface area contributed by atoms with Gasteiger partial charge in [-0.2, -0.15) is 0 Å². The summed E-state index contributed by atoms with van der Waals surface area (Å²) in [6.45, 7) is 21.0. The second kappa shape index (κ2) is 13.3. The second-order valence-electron chi connectivity index (χ2n) is 11.4. The minimum absolute atomic E-state index is 0.0605. The van der Waals surface area contributed by atoms with E-state index < -0.39 is 11.5 Å². The van der Waals surface area contributed by atoms with Crippen LogP contribution in [0.15, 0.2) is 11.6 Å². The van der Waals surface area contributed by atoms with Crippen molar-refractivity contribution < 1.29 is 19.1 Å². The molecule has 0 radical (unpaired) electrons. The molecule has 7 nitrogen and oxygen atoms in total. The number of amides is 2. The fraction of sp³-hybridized carbons (Fsp3) is 0.815. The number of esters is 1. The molecule has 0 aromatic rings. The maximum Gasteiger partial charge on any atom is 0.333 e. The van der Waals surface area contributed by atoms with E-state index in [9.17, 15) is 14.4 Å². The standard InChI is InChI=1S/C27H49N3O4/c1-11-34-26(33)19(6)16-21(18(4)5)28-25(32)23(27(8,9)10)29-24(31)22-14-12-13-15-30(22)20(7)17(2)3/h16-18,20-23H,11-15H2,1-10H3,(H,28,32)(H,29,31)/t20?,21-,22?,23-/m1/s1. The van der Waals surface area contributed by atoms with Crippen molar-refractivity contribution in [3.8, 4) is 0 Å². The first kappa shape index (κ1) is 30.1. The topological polar surface area (TPSA) is 87.7 Å². The van der Waals surface area contributed by atoms with E-state index in [4.69, 9.17) is 4.74 Å². The van der Waals surface area contributed by atoms with Crippen LogP contribution < -0.4 is 10.6 Å². The molecule has 196 valence electrons. The zero-order chi connectivity index (χ0) is 26.2. The quantitative estimate of drug-likeness (QED) is 0.364. The summed E-state index contributed by atoms with van der Waals surface area (Å²) >= 11 is 0. The average molecular weight is 480 g/mol. The Balaban J connectivity index is 3.07. The highest BCUT2D eigenvalue weighted by atomic mass is 16.5.